The highest BCUT2D eigenvalue weighted by molar-refractivity contribution is 5.92. The van der Waals surface area contributed by atoms with Gasteiger partial charge in [-0.3, -0.25) is 0 Å². The largest absolute Gasteiger partial charge is 0.478 e. The fourth-order valence-corrected chi connectivity index (χ4v) is 1.69. The van der Waals surface area contributed by atoms with Gasteiger partial charge < -0.3 is 15.3 Å². The Morgan fingerprint density at radius 2 is 1.89 bits per heavy atom. The van der Waals surface area contributed by atoms with Crippen LogP contribution in [-0.4, -0.2) is 35.1 Å². The molecule has 0 saturated carbocycles. The second kappa shape index (κ2) is 6.05. The zero-order valence-electron chi connectivity index (χ0n) is 10.9. The average Bonchev–Trinajstić information content (AvgIpc) is 2.30. The Balaban J connectivity index is 2.83. The van der Waals surface area contributed by atoms with Crippen molar-refractivity contribution in [3.05, 3.63) is 29.3 Å². The van der Waals surface area contributed by atoms with Gasteiger partial charge in [0.05, 0.1) is 5.56 Å². The van der Waals surface area contributed by atoms with Gasteiger partial charge in [-0.25, -0.2) is 9.59 Å². The van der Waals surface area contributed by atoms with Crippen molar-refractivity contribution < 1.29 is 14.7 Å². The minimum Gasteiger partial charge on any atom is -0.478 e. The van der Waals surface area contributed by atoms with Gasteiger partial charge >= 0.3 is 12.0 Å². The van der Waals surface area contributed by atoms with Crippen LogP contribution in [0, 0.1) is 6.92 Å². The second-order valence-electron chi connectivity index (χ2n) is 3.94. The highest BCUT2D eigenvalue weighted by Gasteiger charge is 2.11. The Morgan fingerprint density at radius 3 is 2.33 bits per heavy atom. The molecule has 1 rings (SSSR count). The van der Waals surface area contributed by atoms with E-state index >= 15 is 0 Å². The SMILES string of the molecule is CCN(CC)C(=O)Nc1ccc(C(=O)O)c(C)c1. The highest BCUT2D eigenvalue weighted by atomic mass is 16.4. The number of hydrogen-bond acceptors (Lipinski definition) is 2. The lowest BCUT2D eigenvalue weighted by Gasteiger charge is -2.19. The first kappa shape index (κ1) is 14.0. The molecule has 98 valence electrons. The number of nitrogens with zero attached hydrogens (tertiary/aromatic N) is 1. The third-order valence-electron chi connectivity index (χ3n) is 2.76. The lowest BCUT2D eigenvalue weighted by atomic mass is 10.1. The van der Waals surface area contributed by atoms with Crippen LogP contribution in [0.2, 0.25) is 0 Å². The summed E-state index contributed by atoms with van der Waals surface area (Å²) in [5.41, 5.74) is 1.48. The smallest absolute Gasteiger partial charge is 0.335 e. The zero-order valence-corrected chi connectivity index (χ0v) is 10.9. The van der Waals surface area contributed by atoms with E-state index in [4.69, 9.17) is 5.11 Å². The third kappa shape index (κ3) is 3.23. The summed E-state index contributed by atoms with van der Waals surface area (Å²) in [6.45, 7) is 6.78. The first-order valence-corrected chi connectivity index (χ1v) is 5.89. The van der Waals surface area contributed by atoms with E-state index in [1.807, 2.05) is 13.8 Å². The van der Waals surface area contributed by atoms with E-state index in [0.717, 1.165) is 0 Å². The monoisotopic (exact) mass is 250 g/mol. The van der Waals surface area contributed by atoms with Crippen LogP contribution in [-0.2, 0) is 0 Å². The van der Waals surface area contributed by atoms with Crippen LogP contribution in [0.4, 0.5) is 10.5 Å². The van der Waals surface area contributed by atoms with E-state index in [-0.39, 0.29) is 11.6 Å². The summed E-state index contributed by atoms with van der Waals surface area (Å²) in [5, 5.41) is 11.7. The number of anilines is 1. The van der Waals surface area contributed by atoms with E-state index in [1.165, 1.54) is 6.07 Å². The number of hydrogen-bond donors (Lipinski definition) is 2. The number of urea groups is 1. The summed E-state index contributed by atoms with van der Waals surface area (Å²) in [7, 11) is 0. The molecule has 0 spiro atoms. The molecule has 0 aliphatic carbocycles. The topological polar surface area (TPSA) is 69.6 Å². The maximum atomic E-state index is 11.8. The molecule has 0 saturated heterocycles. The van der Waals surface area contributed by atoms with Crippen LogP contribution in [0.1, 0.15) is 29.8 Å². The first-order chi connectivity index (χ1) is 8.49. The minimum atomic E-state index is -0.964. The maximum Gasteiger partial charge on any atom is 0.335 e. The molecule has 0 heterocycles. The molecule has 0 bridgehead atoms. The molecular weight excluding hydrogens is 232 g/mol. The van der Waals surface area contributed by atoms with Gasteiger partial charge in [0.15, 0.2) is 0 Å². The number of aromatic carboxylic acids is 1. The number of benzene rings is 1. The van der Waals surface area contributed by atoms with Crippen molar-refractivity contribution in [2.24, 2.45) is 0 Å². The van der Waals surface area contributed by atoms with E-state index < -0.39 is 5.97 Å². The van der Waals surface area contributed by atoms with Crippen LogP contribution >= 0.6 is 0 Å². The number of rotatable bonds is 4. The van der Waals surface area contributed by atoms with Crippen molar-refractivity contribution in [2.75, 3.05) is 18.4 Å². The van der Waals surface area contributed by atoms with Crippen molar-refractivity contribution in [1.82, 2.24) is 4.90 Å². The Labute approximate surface area is 106 Å². The second-order valence-corrected chi connectivity index (χ2v) is 3.94. The maximum absolute atomic E-state index is 11.8. The number of carbonyl (C=O) groups excluding carboxylic acids is 1. The molecular formula is C13H18N2O3. The zero-order chi connectivity index (χ0) is 13.7. The Bertz CT molecular complexity index is 454. The number of carboxylic acid groups (broad SMARTS) is 1. The molecule has 1 aromatic carbocycles. The number of nitrogens with one attached hydrogen (secondary N) is 1. The van der Waals surface area contributed by atoms with Gasteiger partial charge in [0.25, 0.3) is 0 Å². The van der Waals surface area contributed by atoms with Gasteiger partial charge in [0.2, 0.25) is 0 Å². The molecule has 0 aromatic heterocycles. The van der Waals surface area contributed by atoms with Crippen LogP contribution in [0.5, 0.6) is 0 Å². The Kier molecular flexibility index (Phi) is 4.71. The van der Waals surface area contributed by atoms with Crippen molar-refractivity contribution >= 4 is 17.7 Å². The van der Waals surface area contributed by atoms with Gasteiger partial charge in [-0.05, 0) is 44.5 Å². The summed E-state index contributed by atoms with van der Waals surface area (Å²) in [6, 6.07) is 4.57. The standard InChI is InChI=1S/C13H18N2O3/c1-4-15(5-2)13(18)14-10-6-7-11(12(16)17)9(3)8-10/h6-8H,4-5H2,1-3H3,(H,14,18)(H,16,17). The van der Waals surface area contributed by atoms with Crippen LogP contribution in [0.25, 0.3) is 0 Å². The third-order valence-corrected chi connectivity index (χ3v) is 2.76. The van der Waals surface area contributed by atoms with Gasteiger partial charge in [-0.1, -0.05) is 0 Å². The van der Waals surface area contributed by atoms with E-state index in [1.54, 1.807) is 24.0 Å². The molecule has 0 aliphatic heterocycles. The molecule has 2 amide bonds. The van der Waals surface area contributed by atoms with Crippen LogP contribution in [0.15, 0.2) is 18.2 Å². The highest BCUT2D eigenvalue weighted by Crippen LogP contribution is 2.15. The van der Waals surface area contributed by atoms with Crippen molar-refractivity contribution in [3.63, 3.8) is 0 Å². The number of amides is 2. The molecule has 5 nitrogen and oxygen atoms in total. The van der Waals surface area contributed by atoms with Crippen LogP contribution in [0.3, 0.4) is 0 Å². The van der Waals surface area contributed by atoms with Crippen molar-refractivity contribution in [3.8, 4) is 0 Å². The molecule has 0 atom stereocenters. The molecule has 0 radical (unpaired) electrons. The van der Waals surface area contributed by atoms with Gasteiger partial charge in [0, 0.05) is 18.8 Å². The molecule has 5 heteroatoms. The van der Waals surface area contributed by atoms with Gasteiger partial charge in [-0.15, -0.1) is 0 Å². The van der Waals surface area contributed by atoms with E-state index in [0.29, 0.717) is 24.3 Å². The predicted octanol–water partition coefficient (Wildman–Crippen LogP) is 2.57. The normalized spacial score (nSPS) is 9.94. The summed E-state index contributed by atoms with van der Waals surface area (Å²) >= 11 is 0. The number of carbonyl (C=O) groups is 2. The lowest BCUT2D eigenvalue weighted by molar-refractivity contribution is 0.0696. The van der Waals surface area contributed by atoms with E-state index in [9.17, 15) is 9.59 Å². The van der Waals surface area contributed by atoms with Gasteiger partial charge in [0.1, 0.15) is 0 Å². The van der Waals surface area contributed by atoms with Crippen LogP contribution < -0.4 is 5.32 Å². The number of carboxylic acids is 1. The fourth-order valence-electron chi connectivity index (χ4n) is 1.69. The van der Waals surface area contributed by atoms with Crippen molar-refractivity contribution in [2.45, 2.75) is 20.8 Å². The quantitative estimate of drug-likeness (QED) is 0.862. The summed E-state index contributed by atoms with van der Waals surface area (Å²) in [6.07, 6.45) is 0. The Hall–Kier alpha value is -2.04. The average molecular weight is 250 g/mol. The number of aryl methyl sites for hydroxylation is 1. The fraction of sp³-hybridized carbons (Fsp3) is 0.385. The molecule has 0 unspecified atom stereocenters. The summed E-state index contributed by atoms with van der Waals surface area (Å²) < 4.78 is 0. The molecule has 0 aliphatic rings. The van der Waals surface area contributed by atoms with Gasteiger partial charge in [-0.2, -0.15) is 0 Å². The molecule has 0 fully saturated rings. The summed E-state index contributed by atoms with van der Waals surface area (Å²) in [5.74, 6) is -0.964. The Morgan fingerprint density at radius 1 is 1.28 bits per heavy atom. The first-order valence-electron chi connectivity index (χ1n) is 5.89. The molecule has 2 N–H and O–H groups in total. The minimum absolute atomic E-state index is 0.178. The lowest BCUT2D eigenvalue weighted by Crippen LogP contribution is -2.34. The van der Waals surface area contributed by atoms with Crippen molar-refractivity contribution in [1.29, 1.82) is 0 Å². The van der Waals surface area contributed by atoms with E-state index in [2.05, 4.69) is 5.32 Å². The summed E-state index contributed by atoms with van der Waals surface area (Å²) in [4.78, 5) is 24.3. The molecule has 1 aromatic rings. The predicted molar refractivity (Wildman–Crippen MR) is 70.1 cm³/mol. The molecule has 18 heavy (non-hydrogen) atoms.